The van der Waals surface area contributed by atoms with Gasteiger partial charge in [0.2, 0.25) is 0 Å². The Labute approximate surface area is 137 Å². The zero-order valence-corrected chi connectivity index (χ0v) is 17.3. The van der Waals surface area contributed by atoms with Gasteiger partial charge in [0.05, 0.1) is 7.05 Å². The van der Waals surface area contributed by atoms with Crippen LogP contribution in [0.25, 0.3) is 0 Å². The van der Waals surface area contributed by atoms with Crippen LogP contribution in [-0.2, 0) is 24.3 Å². The first kappa shape index (κ1) is 22.3. The van der Waals surface area contributed by atoms with Crippen LogP contribution in [0.4, 0.5) is 4.79 Å². The topological polar surface area (TPSA) is 50.4 Å². The van der Waals surface area contributed by atoms with Crippen LogP contribution in [0.1, 0.15) is 54.4 Å². The van der Waals surface area contributed by atoms with Gasteiger partial charge in [-0.1, -0.05) is 13.8 Å². The SMILES string of the molecule is [CH2-]NOC(=O)[N+](C)(CNC(C)(C)CC)C(C)(C)CC.[Zn]. The Hall–Kier alpha value is -0.0266. The summed E-state index contributed by atoms with van der Waals surface area (Å²) in [6, 6.07) is 0. The molecule has 6 heteroatoms. The van der Waals surface area contributed by atoms with Crippen molar-refractivity contribution < 1.29 is 33.6 Å². The van der Waals surface area contributed by atoms with Gasteiger partial charge in [-0.2, -0.15) is 4.79 Å². The second-order valence-corrected chi connectivity index (χ2v) is 6.44. The van der Waals surface area contributed by atoms with Gasteiger partial charge in [-0.15, -0.1) is 0 Å². The number of hydrogen-bond donors (Lipinski definition) is 2. The molecule has 116 valence electrons. The molecule has 0 radical (unpaired) electrons. The maximum absolute atomic E-state index is 12.3. The summed E-state index contributed by atoms with van der Waals surface area (Å²) in [6.45, 7) is 13.1. The average molecular weight is 339 g/mol. The van der Waals surface area contributed by atoms with Crippen molar-refractivity contribution in [2.24, 2.45) is 0 Å². The van der Waals surface area contributed by atoms with Crippen molar-refractivity contribution >= 4 is 6.09 Å². The molecule has 0 aliphatic carbocycles. The normalized spacial score (nSPS) is 15.2. The van der Waals surface area contributed by atoms with Crippen molar-refractivity contribution in [1.29, 1.82) is 0 Å². The molecule has 2 N–H and O–H groups in total. The largest absolute Gasteiger partial charge is 0.533 e. The van der Waals surface area contributed by atoms with Crippen LogP contribution in [0.2, 0.25) is 0 Å². The number of rotatable bonds is 7. The predicted molar refractivity (Wildman–Crippen MR) is 77.9 cm³/mol. The minimum atomic E-state index is -0.332. The number of nitrogens with zero attached hydrogens (tertiary/aromatic N) is 1. The van der Waals surface area contributed by atoms with Gasteiger partial charge >= 0.3 is 6.09 Å². The van der Waals surface area contributed by atoms with E-state index in [4.69, 9.17) is 4.84 Å². The number of hydroxylamine groups is 1. The smallest absolute Gasteiger partial charge is 0.356 e. The number of carbonyl (C=O) groups excluding carboxylic acids is 1. The van der Waals surface area contributed by atoms with Gasteiger partial charge in [-0.25, -0.2) is 11.5 Å². The molecule has 0 rings (SSSR count). The van der Waals surface area contributed by atoms with E-state index in [1.54, 1.807) is 0 Å². The van der Waals surface area contributed by atoms with Crippen LogP contribution in [-0.4, -0.2) is 35.4 Å². The Kier molecular flexibility index (Phi) is 9.38. The molecule has 1 atom stereocenters. The molecule has 0 aliphatic rings. The Morgan fingerprint density at radius 3 is 2.05 bits per heavy atom. The van der Waals surface area contributed by atoms with Crippen molar-refractivity contribution in [3.05, 3.63) is 7.05 Å². The first-order valence-corrected chi connectivity index (χ1v) is 6.90. The predicted octanol–water partition coefficient (Wildman–Crippen LogP) is 2.79. The van der Waals surface area contributed by atoms with E-state index in [1.807, 2.05) is 7.05 Å². The van der Waals surface area contributed by atoms with Gasteiger partial charge < -0.3 is 4.84 Å². The first-order chi connectivity index (χ1) is 8.56. The summed E-state index contributed by atoms with van der Waals surface area (Å²) >= 11 is 0. The summed E-state index contributed by atoms with van der Waals surface area (Å²) < 4.78 is 0.148. The summed E-state index contributed by atoms with van der Waals surface area (Å²) in [5.41, 5.74) is 1.99. The number of carbonyl (C=O) groups is 1. The fourth-order valence-electron chi connectivity index (χ4n) is 1.53. The molecule has 0 bridgehead atoms. The Morgan fingerprint density at radius 2 is 1.70 bits per heavy atom. The molecule has 0 fully saturated rings. The molecule has 20 heavy (non-hydrogen) atoms. The van der Waals surface area contributed by atoms with E-state index >= 15 is 0 Å². The average Bonchev–Trinajstić information content (AvgIpc) is 2.36. The number of nitrogens with one attached hydrogen (secondary N) is 2. The molecule has 0 aromatic rings. The van der Waals surface area contributed by atoms with Crippen LogP contribution in [0, 0.1) is 7.05 Å². The zero-order valence-electron chi connectivity index (χ0n) is 14.3. The van der Waals surface area contributed by atoms with Crippen LogP contribution >= 0.6 is 0 Å². The molecule has 0 aromatic heterocycles. The maximum Gasteiger partial charge on any atom is 0.533 e. The molecule has 0 aliphatic heterocycles. The molecular formula is C14H31N3O2Zn. The van der Waals surface area contributed by atoms with Gasteiger partial charge in [-0.05, 0) is 40.5 Å². The van der Waals surface area contributed by atoms with Crippen LogP contribution in [0.15, 0.2) is 0 Å². The molecule has 0 heterocycles. The van der Waals surface area contributed by atoms with E-state index in [2.05, 4.69) is 59.4 Å². The van der Waals surface area contributed by atoms with Gasteiger partial charge in [0.15, 0.2) is 0 Å². The van der Waals surface area contributed by atoms with E-state index < -0.39 is 0 Å². The second kappa shape index (κ2) is 8.42. The third kappa shape index (κ3) is 5.40. The fraction of sp³-hybridized carbons (Fsp3) is 0.857. The Morgan fingerprint density at radius 1 is 1.20 bits per heavy atom. The van der Waals surface area contributed by atoms with Crippen molar-refractivity contribution in [2.45, 2.75) is 65.5 Å². The third-order valence-corrected chi connectivity index (χ3v) is 4.52. The van der Waals surface area contributed by atoms with Gasteiger partial charge in [0.1, 0.15) is 12.2 Å². The first-order valence-electron chi connectivity index (χ1n) is 6.90. The van der Waals surface area contributed by atoms with Gasteiger partial charge in [0, 0.05) is 25.0 Å². The standard InChI is InChI=1S/C14H31N3O2.Zn/c1-9-13(3,4)16-11-17(8,12(18)19-15-7)14(5,6)10-2;/h15-16H,7,9-11H2,1-6,8H3;. The molecule has 0 saturated carbocycles. The molecule has 1 amide bonds. The van der Waals surface area contributed by atoms with Crippen LogP contribution in [0.3, 0.4) is 0 Å². The Balaban J connectivity index is 0. The minimum absolute atomic E-state index is 0. The Bertz CT molecular complexity index is 309. The maximum atomic E-state index is 12.3. The molecule has 0 aromatic carbocycles. The van der Waals surface area contributed by atoms with E-state index in [0.29, 0.717) is 6.67 Å². The van der Waals surface area contributed by atoms with E-state index in [9.17, 15) is 4.79 Å². The summed E-state index contributed by atoms with van der Waals surface area (Å²) in [6.07, 6.45) is 1.52. The van der Waals surface area contributed by atoms with Crippen molar-refractivity contribution in [3.8, 4) is 0 Å². The molecular weight excluding hydrogens is 308 g/mol. The van der Waals surface area contributed by atoms with Gasteiger partial charge in [0.25, 0.3) is 0 Å². The van der Waals surface area contributed by atoms with Crippen molar-refractivity contribution in [3.63, 3.8) is 0 Å². The van der Waals surface area contributed by atoms with E-state index in [1.165, 1.54) is 0 Å². The number of hydrogen-bond acceptors (Lipinski definition) is 4. The van der Waals surface area contributed by atoms with Crippen LogP contribution < -0.4 is 10.8 Å². The number of amides is 1. The molecule has 0 spiro atoms. The summed E-state index contributed by atoms with van der Waals surface area (Å²) in [5.74, 6) is 0. The third-order valence-electron chi connectivity index (χ3n) is 4.52. The van der Waals surface area contributed by atoms with E-state index in [0.717, 1.165) is 12.8 Å². The van der Waals surface area contributed by atoms with Gasteiger partial charge in [-0.3, -0.25) is 10.8 Å². The number of quaternary nitrogens is 1. The second-order valence-electron chi connectivity index (χ2n) is 6.44. The summed E-state index contributed by atoms with van der Waals surface area (Å²) in [5, 5.41) is 3.45. The fourth-order valence-corrected chi connectivity index (χ4v) is 1.53. The van der Waals surface area contributed by atoms with Crippen LogP contribution in [0.5, 0.6) is 0 Å². The van der Waals surface area contributed by atoms with Crippen molar-refractivity contribution in [1.82, 2.24) is 10.8 Å². The molecule has 5 nitrogen and oxygen atoms in total. The zero-order chi connectivity index (χ0) is 15.3. The monoisotopic (exact) mass is 337 g/mol. The minimum Gasteiger partial charge on any atom is -0.356 e. The van der Waals surface area contributed by atoms with Crippen molar-refractivity contribution in [2.75, 3.05) is 13.7 Å². The van der Waals surface area contributed by atoms with E-state index in [-0.39, 0.29) is 41.1 Å². The summed E-state index contributed by atoms with van der Waals surface area (Å²) in [4.78, 5) is 17.2. The molecule has 0 saturated heterocycles. The quantitative estimate of drug-likeness (QED) is 0.246. The summed E-state index contributed by atoms with van der Waals surface area (Å²) in [7, 11) is 5.24. The molecule has 1 unspecified atom stereocenters.